The third-order valence-corrected chi connectivity index (χ3v) is 5.19. The van der Waals surface area contributed by atoms with Crippen molar-refractivity contribution >= 4 is 34.3 Å². The summed E-state index contributed by atoms with van der Waals surface area (Å²) in [4.78, 5) is 27.5. The van der Waals surface area contributed by atoms with E-state index in [2.05, 4.69) is 10.3 Å². The van der Waals surface area contributed by atoms with Crippen LogP contribution < -0.4 is 10.8 Å². The zero-order chi connectivity index (χ0) is 19.0. The minimum atomic E-state index is -0.541. The summed E-state index contributed by atoms with van der Waals surface area (Å²) in [5.41, 5.74) is 5.40. The Balaban J connectivity index is 1.57. The molecule has 1 aromatic heterocycles. The third-order valence-electron chi connectivity index (χ3n) is 4.95. The van der Waals surface area contributed by atoms with Crippen LogP contribution in [0.4, 0.5) is 0 Å². The molecule has 1 aliphatic carbocycles. The van der Waals surface area contributed by atoms with Gasteiger partial charge in [-0.15, -0.1) is 0 Å². The maximum atomic E-state index is 12.7. The zero-order valence-corrected chi connectivity index (χ0v) is 15.1. The Morgan fingerprint density at radius 2 is 1.96 bits per heavy atom. The molecule has 1 heterocycles. The van der Waals surface area contributed by atoms with Crippen LogP contribution in [0.5, 0.6) is 0 Å². The summed E-state index contributed by atoms with van der Waals surface area (Å²) in [5.74, 6) is -0.724. The number of amides is 2. The number of aromatic nitrogens is 1. The molecule has 138 valence electrons. The zero-order valence-electron chi connectivity index (χ0n) is 14.4. The van der Waals surface area contributed by atoms with Gasteiger partial charge >= 0.3 is 0 Å². The van der Waals surface area contributed by atoms with Gasteiger partial charge in [-0.3, -0.25) is 14.8 Å². The second-order valence-corrected chi connectivity index (χ2v) is 7.12. The van der Waals surface area contributed by atoms with Gasteiger partial charge in [-0.25, -0.2) is 5.48 Å². The van der Waals surface area contributed by atoms with Crippen molar-refractivity contribution in [3.63, 3.8) is 0 Å². The molecule has 3 aromatic rings. The molecule has 0 saturated carbocycles. The minimum absolute atomic E-state index is 0.123. The lowest BCUT2D eigenvalue weighted by atomic mass is 9.86. The molecule has 1 atom stereocenters. The molecule has 0 bridgehead atoms. The summed E-state index contributed by atoms with van der Waals surface area (Å²) in [6.07, 6.45) is 2.57. The van der Waals surface area contributed by atoms with E-state index < -0.39 is 5.91 Å². The normalized spacial score (nSPS) is 16.0. The van der Waals surface area contributed by atoms with Crippen molar-refractivity contribution in [2.24, 2.45) is 0 Å². The summed E-state index contributed by atoms with van der Waals surface area (Å²) in [6.45, 7) is 0. The number of hydrogen-bond acceptors (Lipinski definition) is 3. The fourth-order valence-electron chi connectivity index (χ4n) is 3.63. The molecule has 1 unspecified atom stereocenters. The molecule has 0 fully saturated rings. The van der Waals surface area contributed by atoms with E-state index in [1.807, 2.05) is 18.2 Å². The Bertz CT molecular complexity index is 1040. The summed E-state index contributed by atoms with van der Waals surface area (Å²) < 4.78 is 0. The molecule has 1 aliphatic rings. The van der Waals surface area contributed by atoms with Gasteiger partial charge in [0.15, 0.2) is 0 Å². The molecular formula is C20H18ClN3O3. The first-order valence-electron chi connectivity index (χ1n) is 8.71. The Kier molecular flexibility index (Phi) is 4.59. The number of fused-ring (bicyclic) bond motifs is 2. The number of H-pyrrole nitrogens is 1. The second-order valence-electron chi connectivity index (χ2n) is 6.69. The monoisotopic (exact) mass is 383 g/mol. The van der Waals surface area contributed by atoms with E-state index in [9.17, 15) is 9.59 Å². The molecule has 2 aromatic carbocycles. The molecule has 0 radical (unpaired) electrons. The maximum Gasteiger partial charge on any atom is 0.274 e. The van der Waals surface area contributed by atoms with Crippen molar-refractivity contribution in [3.8, 4) is 0 Å². The fourth-order valence-corrected chi connectivity index (χ4v) is 3.81. The Hall–Kier alpha value is -2.83. The number of aromatic amines is 1. The average molecular weight is 384 g/mol. The van der Waals surface area contributed by atoms with Crippen LogP contribution in [-0.4, -0.2) is 22.0 Å². The maximum absolute atomic E-state index is 12.7. The van der Waals surface area contributed by atoms with E-state index in [0.717, 1.165) is 41.3 Å². The number of carbonyl (C=O) groups excluding carboxylic acids is 2. The highest BCUT2D eigenvalue weighted by molar-refractivity contribution is 6.31. The number of nitrogens with one attached hydrogen (secondary N) is 3. The van der Waals surface area contributed by atoms with Gasteiger partial charge in [-0.1, -0.05) is 17.7 Å². The van der Waals surface area contributed by atoms with Crippen LogP contribution in [0.15, 0.2) is 42.5 Å². The molecule has 6 nitrogen and oxygen atoms in total. The van der Waals surface area contributed by atoms with Crippen LogP contribution in [0.3, 0.4) is 0 Å². The van der Waals surface area contributed by atoms with E-state index in [1.54, 1.807) is 29.7 Å². The fraction of sp³-hybridized carbons (Fsp3) is 0.200. The van der Waals surface area contributed by atoms with Crippen LogP contribution in [-0.2, 0) is 6.42 Å². The summed E-state index contributed by atoms with van der Waals surface area (Å²) in [7, 11) is 0. The van der Waals surface area contributed by atoms with E-state index in [-0.39, 0.29) is 11.9 Å². The number of carbonyl (C=O) groups is 2. The Morgan fingerprint density at radius 3 is 2.78 bits per heavy atom. The molecule has 27 heavy (non-hydrogen) atoms. The third kappa shape index (κ3) is 3.41. The highest BCUT2D eigenvalue weighted by Crippen LogP contribution is 2.31. The van der Waals surface area contributed by atoms with Crippen molar-refractivity contribution in [2.45, 2.75) is 25.3 Å². The van der Waals surface area contributed by atoms with Gasteiger partial charge in [0.2, 0.25) is 0 Å². The highest BCUT2D eigenvalue weighted by atomic mass is 35.5. The first-order chi connectivity index (χ1) is 13.0. The predicted octanol–water partition coefficient (Wildman–Crippen LogP) is 3.75. The number of aryl methyl sites for hydroxylation is 1. The summed E-state index contributed by atoms with van der Waals surface area (Å²) in [6, 6.07) is 12.4. The first-order valence-corrected chi connectivity index (χ1v) is 9.09. The molecule has 0 spiro atoms. The van der Waals surface area contributed by atoms with Crippen LogP contribution in [0.2, 0.25) is 5.02 Å². The predicted molar refractivity (Wildman–Crippen MR) is 102 cm³/mol. The van der Waals surface area contributed by atoms with Crippen LogP contribution in [0.1, 0.15) is 50.9 Å². The SMILES string of the molecule is O=C(NO)c1ccc2c(c1)CCCC2NC(=O)c1cc2cc(Cl)ccc2[nH]1. The molecule has 4 rings (SSSR count). The van der Waals surface area contributed by atoms with Crippen molar-refractivity contribution in [1.29, 1.82) is 0 Å². The van der Waals surface area contributed by atoms with Gasteiger partial charge < -0.3 is 10.3 Å². The molecule has 0 aliphatic heterocycles. The van der Waals surface area contributed by atoms with Gasteiger partial charge in [-0.2, -0.15) is 0 Å². The number of hydroxylamine groups is 1. The second kappa shape index (κ2) is 7.06. The highest BCUT2D eigenvalue weighted by Gasteiger charge is 2.24. The van der Waals surface area contributed by atoms with Gasteiger partial charge in [0.25, 0.3) is 11.8 Å². The van der Waals surface area contributed by atoms with Crippen LogP contribution in [0.25, 0.3) is 10.9 Å². The molecule has 0 saturated heterocycles. The Labute approximate surface area is 160 Å². The Morgan fingerprint density at radius 1 is 1.11 bits per heavy atom. The minimum Gasteiger partial charge on any atom is -0.351 e. The largest absolute Gasteiger partial charge is 0.351 e. The van der Waals surface area contributed by atoms with E-state index in [4.69, 9.17) is 16.8 Å². The van der Waals surface area contributed by atoms with Crippen molar-refractivity contribution in [2.75, 3.05) is 0 Å². The van der Waals surface area contributed by atoms with Crippen molar-refractivity contribution in [1.82, 2.24) is 15.8 Å². The van der Waals surface area contributed by atoms with E-state index in [1.165, 1.54) is 0 Å². The topological polar surface area (TPSA) is 94.2 Å². The standard InChI is InChI=1S/C20H18ClN3O3/c21-14-5-7-16-13(9-14)10-18(22-16)20(26)23-17-3-1-2-11-8-12(19(25)24-27)4-6-15(11)17/h4-10,17,22,27H,1-3H2,(H,23,26)(H,24,25). The lowest BCUT2D eigenvalue weighted by Crippen LogP contribution is -2.31. The number of benzene rings is 2. The van der Waals surface area contributed by atoms with Crippen molar-refractivity contribution in [3.05, 3.63) is 69.9 Å². The summed E-state index contributed by atoms with van der Waals surface area (Å²) in [5, 5.41) is 13.4. The molecular weight excluding hydrogens is 366 g/mol. The van der Waals surface area contributed by atoms with Gasteiger partial charge in [0, 0.05) is 21.5 Å². The average Bonchev–Trinajstić information content (AvgIpc) is 3.10. The number of halogens is 1. The van der Waals surface area contributed by atoms with E-state index in [0.29, 0.717) is 16.3 Å². The summed E-state index contributed by atoms with van der Waals surface area (Å²) >= 11 is 6.01. The molecule has 7 heteroatoms. The lowest BCUT2D eigenvalue weighted by molar-refractivity contribution is 0.0706. The van der Waals surface area contributed by atoms with Gasteiger partial charge in [0.1, 0.15) is 5.69 Å². The lowest BCUT2D eigenvalue weighted by Gasteiger charge is -2.26. The smallest absolute Gasteiger partial charge is 0.274 e. The van der Waals surface area contributed by atoms with Crippen molar-refractivity contribution < 1.29 is 14.8 Å². The number of rotatable bonds is 3. The first kappa shape index (κ1) is 17.6. The van der Waals surface area contributed by atoms with Gasteiger partial charge in [0.05, 0.1) is 6.04 Å². The van der Waals surface area contributed by atoms with Crippen LogP contribution >= 0.6 is 11.6 Å². The number of hydrogen-bond donors (Lipinski definition) is 4. The molecule has 4 N–H and O–H groups in total. The molecule has 2 amide bonds. The quantitative estimate of drug-likeness (QED) is 0.410. The van der Waals surface area contributed by atoms with Crippen LogP contribution in [0, 0.1) is 0 Å². The van der Waals surface area contributed by atoms with E-state index >= 15 is 0 Å². The van der Waals surface area contributed by atoms with Gasteiger partial charge in [-0.05, 0) is 66.8 Å².